The molecule has 0 aliphatic rings. The second-order valence-corrected chi connectivity index (χ2v) is 5.47. The Balaban J connectivity index is 2.10. The number of carbonyl (C=O) groups is 1. The molecule has 1 amide bonds. The first-order chi connectivity index (χ1) is 9.58. The fraction of sp³-hybridized carbons (Fsp3) is 0.0667. The summed E-state index contributed by atoms with van der Waals surface area (Å²) in [4.78, 5) is 11.8. The van der Waals surface area contributed by atoms with E-state index in [-0.39, 0.29) is 11.7 Å². The van der Waals surface area contributed by atoms with Crippen LogP contribution in [0.25, 0.3) is 0 Å². The van der Waals surface area contributed by atoms with Crippen LogP contribution in [0.4, 0.5) is 0 Å². The van der Waals surface area contributed by atoms with Gasteiger partial charge >= 0.3 is 0 Å². The summed E-state index contributed by atoms with van der Waals surface area (Å²) in [6, 6.07) is 12.5. The van der Waals surface area contributed by atoms with Crippen molar-refractivity contribution in [2.45, 2.75) is 6.92 Å². The van der Waals surface area contributed by atoms with E-state index in [1.165, 1.54) is 6.21 Å². The Morgan fingerprint density at radius 1 is 1.30 bits per heavy atom. The number of carbonyl (C=O) groups excluding carboxylic acids is 1. The Bertz CT molecular complexity index is 654. The average molecular weight is 380 g/mol. The van der Waals surface area contributed by atoms with E-state index in [4.69, 9.17) is 0 Å². The van der Waals surface area contributed by atoms with Crippen LogP contribution in [0.5, 0.6) is 5.75 Å². The highest BCUT2D eigenvalue weighted by Crippen LogP contribution is 2.23. The largest absolute Gasteiger partial charge is 0.507 e. The maximum atomic E-state index is 11.8. The highest BCUT2D eigenvalue weighted by molar-refractivity contribution is 14.1. The lowest BCUT2D eigenvalue weighted by atomic mass is 10.1. The van der Waals surface area contributed by atoms with Crippen LogP contribution in [0.3, 0.4) is 0 Å². The van der Waals surface area contributed by atoms with Crippen LogP contribution in [-0.4, -0.2) is 17.2 Å². The summed E-state index contributed by atoms with van der Waals surface area (Å²) in [6.45, 7) is 1.82. The zero-order chi connectivity index (χ0) is 14.5. The van der Waals surface area contributed by atoms with Gasteiger partial charge < -0.3 is 5.11 Å². The Labute approximate surface area is 130 Å². The van der Waals surface area contributed by atoms with Crippen LogP contribution >= 0.6 is 22.6 Å². The van der Waals surface area contributed by atoms with Gasteiger partial charge in [-0.15, -0.1) is 0 Å². The van der Waals surface area contributed by atoms with Gasteiger partial charge in [-0.3, -0.25) is 4.79 Å². The maximum Gasteiger partial charge on any atom is 0.271 e. The van der Waals surface area contributed by atoms with Crippen LogP contribution in [-0.2, 0) is 0 Å². The van der Waals surface area contributed by atoms with Crippen LogP contribution < -0.4 is 5.43 Å². The van der Waals surface area contributed by atoms with Gasteiger partial charge in [0.15, 0.2) is 0 Å². The number of amides is 1. The normalized spacial score (nSPS) is 10.7. The molecule has 2 aromatic carbocycles. The Morgan fingerprint density at radius 3 is 2.70 bits per heavy atom. The number of hydrogen-bond donors (Lipinski definition) is 2. The summed E-state index contributed by atoms with van der Waals surface area (Å²) in [5.41, 5.74) is 4.31. The number of rotatable bonds is 3. The first-order valence-corrected chi connectivity index (χ1v) is 7.03. The molecule has 0 fully saturated rings. The molecule has 2 aromatic rings. The molecule has 5 heteroatoms. The van der Waals surface area contributed by atoms with E-state index in [2.05, 4.69) is 33.1 Å². The molecule has 0 aliphatic carbocycles. The molecule has 0 aromatic heterocycles. The first kappa shape index (κ1) is 14.5. The molecule has 102 valence electrons. The standard InChI is InChI=1S/C15H13IN2O2/c1-10-7-13(16)8-12(14(10)19)9-17-18-15(20)11-5-3-2-4-6-11/h2-9,19H,1H3,(H,18,20)/b17-9+. The highest BCUT2D eigenvalue weighted by Gasteiger charge is 2.05. The van der Waals surface area contributed by atoms with Crippen molar-refractivity contribution in [2.24, 2.45) is 5.10 Å². The lowest BCUT2D eigenvalue weighted by Gasteiger charge is -2.04. The number of nitrogens with one attached hydrogen (secondary N) is 1. The number of phenolic OH excluding ortho intramolecular Hbond substituents is 1. The molecule has 2 rings (SSSR count). The third-order valence-corrected chi connectivity index (χ3v) is 3.32. The summed E-state index contributed by atoms with van der Waals surface area (Å²) in [5, 5.41) is 13.8. The fourth-order valence-corrected chi connectivity index (χ4v) is 2.48. The van der Waals surface area contributed by atoms with Gasteiger partial charge in [0.05, 0.1) is 6.21 Å². The quantitative estimate of drug-likeness (QED) is 0.489. The number of halogens is 1. The topological polar surface area (TPSA) is 61.7 Å². The number of phenols is 1. The van der Waals surface area contributed by atoms with Crippen molar-refractivity contribution in [3.63, 3.8) is 0 Å². The van der Waals surface area contributed by atoms with E-state index in [1.807, 2.05) is 19.1 Å². The second kappa shape index (κ2) is 6.51. The van der Waals surface area contributed by atoms with E-state index in [0.29, 0.717) is 11.1 Å². The molecule has 20 heavy (non-hydrogen) atoms. The van der Waals surface area contributed by atoms with Gasteiger partial charge in [0.2, 0.25) is 0 Å². The van der Waals surface area contributed by atoms with Crippen LogP contribution in [0.15, 0.2) is 47.6 Å². The van der Waals surface area contributed by atoms with Gasteiger partial charge in [-0.25, -0.2) is 5.43 Å². The average Bonchev–Trinajstić information content (AvgIpc) is 2.44. The monoisotopic (exact) mass is 380 g/mol. The van der Waals surface area contributed by atoms with Gasteiger partial charge in [-0.2, -0.15) is 5.10 Å². The Hall–Kier alpha value is -1.89. The Morgan fingerprint density at radius 2 is 2.00 bits per heavy atom. The third-order valence-electron chi connectivity index (χ3n) is 2.70. The molecule has 0 spiro atoms. The molecule has 0 saturated carbocycles. The van der Waals surface area contributed by atoms with Crippen molar-refractivity contribution in [3.8, 4) is 5.75 Å². The minimum absolute atomic E-state index is 0.170. The molecular weight excluding hydrogens is 367 g/mol. The summed E-state index contributed by atoms with van der Waals surface area (Å²) in [5.74, 6) is -0.119. The van der Waals surface area contributed by atoms with E-state index < -0.39 is 0 Å². The third kappa shape index (κ3) is 3.57. The van der Waals surface area contributed by atoms with Crippen molar-refractivity contribution < 1.29 is 9.90 Å². The lowest BCUT2D eigenvalue weighted by molar-refractivity contribution is 0.0955. The summed E-state index contributed by atoms with van der Waals surface area (Å²) < 4.78 is 0.994. The van der Waals surface area contributed by atoms with Crippen molar-refractivity contribution in [1.82, 2.24) is 5.43 Å². The van der Waals surface area contributed by atoms with Gasteiger partial charge in [0, 0.05) is 14.7 Å². The minimum Gasteiger partial charge on any atom is -0.507 e. The molecule has 0 radical (unpaired) electrons. The van der Waals surface area contributed by atoms with Crippen LogP contribution in [0.2, 0.25) is 0 Å². The van der Waals surface area contributed by atoms with Crippen LogP contribution in [0, 0.1) is 10.5 Å². The molecule has 0 aliphatic heterocycles. The molecule has 0 bridgehead atoms. The molecule has 0 atom stereocenters. The van der Waals surface area contributed by atoms with Gasteiger partial charge in [0.25, 0.3) is 5.91 Å². The number of hydrazone groups is 1. The number of nitrogens with zero attached hydrogens (tertiary/aromatic N) is 1. The molecular formula is C15H13IN2O2. The number of hydrogen-bond acceptors (Lipinski definition) is 3. The van der Waals surface area contributed by atoms with E-state index >= 15 is 0 Å². The SMILES string of the molecule is Cc1cc(I)cc(/C=N/NC(=O)c2ccccc2)c1O. The van der Waals surface area contributed by atoms with Gasteiger partial charge in [0.1, 0.15) is 5.75 Å². The van der Waals surface area contributed by atoms with Gasteiger partial charge in [-0.05, 0) is 59.3 Å². The zero-order valence-electron chi connectivity index (χ0n) is 10.8. The van der Waals surface area contributed by atoms with Gasteiger partial charge in [-0.1, -0.05) is 18.2 Å². The fourth-order valence-electron chi connectivity index (χ4n) is 1.67. The number of aromatic hydroxyl groups is 1. The van der Waals surface area contributed by atoms with E-state index in [1.54, 1.807) is 30.3 Å². The second-order valence-electron chi connectivity index (χ2n) is 4.23. The first-order valence-electron chi connectivity index (χ1n) is 5.95. The molecule has 0 unspecified atom stereocenters. The summed E-state index contributed by atoms with van der Waals surface area (Å²) >= 11 is 2.16. The highest BCUT2D eigenvalue weighted by atomic mass is 127. The number of benzene rings is 2. The van der Waals surface area contributed by atoms with E-state index in [0.717, 1.165) is 9.13 Å². The summed E-state index contributed by atoms with van der Waals surface area (Å²) in [6.07, 6.45) is 1.44. The van der Waals surface area contributed by atoms with Crippen molar-refractivity contribution in [3.05, 3.63) is 62.7 Å². The predicted molar refractivity (Wildman–Crippen MR) is 87.1 cm³/mol. The molecule has 2 N–H and O–H groups in total. The predicted octanol–water partition coefficient (Wildman–Crippen LogP) is 3.07. The van der Waals surface area contributed by atoms with Crippen molar-refractivity contribution in [2.75, 3.05) is 0 Å². The maximum absolute atomic E-state index is 11.8. The van der Waals surface area contributed by atoms with E-state index in [9.17, 15) is 9.90 Å². The van der Waals surface area contributed by atoms with Crippen molar-refractivity contribution in [1.29, 1.82) is 0 Å². The zero-order valence-corrected chi connectivity index (χ0v) is 13.0. The minimum atomic E-state index is -0.288. The Kier molecular flexibility index (Phi) is 4.73. The van der Waals surface area contributed by atoms with Crippen molar-refractivity contribution >= 4 is 34.7 Å². The lowest BCUT2D eigenvalue weighted by Crippen LogP contribution is -2.17. The van der Waals surface area contributed by atoms with Crippen LogP contribution in [0.1, 0.15) is 21.5 Å². The molecule has 0 saturated heterocycles. The summed E-state index contributed by atoms with van der Waals surface area (Å²) in [7, 11) is 0. The number of aryl methyl sites for hydroxylation is 1. The molecule has 0 heterocycles. The smallest absolute Gasteiger partial charge is 0.271 e. The molecule has 4 nitrogen and oxygen atoms in total.